The topological polar surface area (TPSA) is 77.3 Å². The summed E-state index contributed by atoms with van der Waals surface area (Å²) in [7, 11) is 0. The van der Waals surface area contributed by atoms with E-state index in [1.54, 1.807) is 0 Å². The van der Waals surface area contributed by atoms with Crippen LogP contribution < -0.4 is 0 Å². The summed E-state index contributed by atoms with van der Waals surface area (Å²) in [5, 5.41) is 5.13. The molecule has 0 saturated carbocycles. The highest BCUT2D eigenvalue weighted by molar-refractivity contribution is 7.26. The molecule has 0 N–H and O–H groups in total. The van der Waals surface area contributed by atoms with Gasteiger partial charge in [0.2, 0.25) is 0 Å². The molecule has 120 heavy (non-hydrogen) atoms. The predicted octanol–water partition coefficient (Wildman–Crippen LogP) is 28.8. The average Bonchev–Trinajstić information content (AvgIpc) is 1.53. The minimum atomic E-state index is -0.548. The van der Waals surface area contributed by atoms with E-state index in [9.17, 15) is 0 Å². The quantitative estimate of drug-likeness (QED) is 0.114. The second-order valence-electron chi connectivity index (χ2n) is 31.2. The third-order valence-corrected chi connectivity index (χ3v) is 26.6. The van der Waals surface area contributed by atoms with E-state index in [0.717, 1.165) is 72.3 Å². The Morgan fingerprint density at radius 1 is 0.192 bits per heavy atom. The van der Waals surface area contributed by atoms with Crippen LogP contribution in [0.2, 0.25) is 0 Å². The maximum Gasteiger partial charge on any atom is 0.164 e. The molecule has 0 atom stereocenters. The highest BCUT2D eigenvalue weighted by Gasteiger charge is 2.49. The number of hydrogen-bond donors (Lipinski definition) is 0. The summed E-state index contributed by atoms with van der Waals surface area (Å²) < 4.78 is 5.13. The van der Waals surface area contributed by atoms with Crippen LogP contribution in [-0.2, 0) is 10.8 Å². The van der Waals surface area contributed by atoms with E-state index in [-0.39, 0.29) is 0 Å². The summed E-state index contributed by atoms with van der Waals surface area (Å²) in [6.45, 7) is 4.29. The molecule has 4 aromatic heterocycles. The minimum Gasteiger partial charge on any atom is -0.208 e. The molecule has 0 amide bonds. The molecule has 8 heteroatoms. The molecule has 0 spiro atoms. The Bertz CT molecular complexity index is 7460. The first kappa shape index (κ1) is 71.7. The van der Waals surface area contributed by atoms with Crippen molar-refractivity contribution in [1.82, 2.24) is 29.9 Å². The first-order valence-electron chi connectivity index (χ1n) is 40.8. The van der Waals surface area contributed by atoms with E-state index in [0.29, 0.717) is 34.9 Å². The lowest BCUT2D eigenvalue weighted by Crippen LogP contribution is -2.28. The molecule has 0 aliphatic heterocycles. The van der Waals surface area contributed by atoms with Crippen LogP contribution in [0.25, 0.3) is 164 Å². The van der Waals surface area contributed by atoms with Crippen LogP contribution in [0.3, 0.4) is 0 Å². The van der Waals surface area contributed by atoms with Gasteiger partial charge in [-0.2, -0.15) is 0 Å². The zero-order chi connectivity index (χ0) is 79.8. The van der Waals surface area contributed by atoms with Gasteiger partial charge in [0.15, 0.2) is 34.9 Å². The van der Waals surface area contributed by atoms with Crippen LogP contribution in [0.5, 0.6) is 0 Å². The van der Waals surface area contributed by atoms with Gasteiger partial charge in [-0.3, -0.25) is 0 Å². The van der Waals surface area contributed by atoms with Crippen molar-refractivity contribution in [3.63, 3.8) is 0 Å². The fourth-order valence-corrected chi connectivity index (χ4v) is 21.4. The monoisotopic (exact) mass is 1570 g/mol. The minimum absolute atomic E-state index is 0.526. The van der Waals surface area contributed by atoms with E-state index in [2.05, 4.69) is 390 Å². The second-order valence-corrected chi connectivity index (χ2v) is 33.3. The molecular formula is C112H74N6S2. The number of hydrogen-bond acceptors (Lipinski definition) is 8. The van der Waals surface area contributed by atoms with E-state index < -0.39 is 10.8 Å². The van der Waals surface area contributed by atoms with Crippen molar-refractivity contribution in [2.24, 2.45) is 0 Å². The van der Waals surface area contributed by atoms with Crippen LogP contribution in [-0.4, -0.2) is 29.9 Å². The largest absolute Gasteiger partial charge is 0.208 e. The lowest BCUT2D eigenvalue weighted by molar-refractivity contribution is 0.768. The normalized spacial score (nSPS) is 12.7. The maximum atomic E-state index is 5.50. The molecule has 17 aromatic carbocycles. The number of thiophene rings is 2. The van der Waals surface area contributed by atoms with Crippen LogP contribution in [0.1, 0.15) is 55.6 Å². The molecule has 0 radical (unpaired) electrons. The SMILES string of the molecule is Cc1cc(-c2nc(-c3ccccc3)nc(-c3cccc4c3-c3ccccc3C4(c3ccccc3)c3ccccc3)n2)cc(-c2cccc3c2sc2ccccc23)c1.Cc1ccc(-c2cc(-c3nc(-c4ccccc4)nc(-c4cccc5c4-c4ccccc4C5(c4ccccc4)c4ccccc4)n3)cc(-c3cccc4c3sc3ccccc34)c2)cc1. The van der Waals surface area contributed by atoms with Crippen molar-refractivity contribution in [2.45, 2.75) is 24.7 Å². The molecule has 2 aliphatic carbocycles. The molecule has 0 bridgehead atoms. The van der Waals surface area contributed by atoms with Gasteiger partial charge in [0, 0.05) is 73.7 Å². The Morgan fingerprint density at radius 2 is 0.492 bits per heavy atom. The summed E-state index contributed by atoms with van der Waals surface area (Å²) in [5.74, 6) is 3.83. The van der Waals surface area contributed by atoms with E-state index >= 15 is 0 Å². The van der Waals surface area contributed by atoms with E-state index in [1.807, 2.05) is 59.1 Å². The average molecular weight is 1570 g/mol. The number of benzene rings is 17. The van der Waals surface area contributed by atoms with Gasteiger partial charge in [-0.05, 0) is 162 Å². The number of nitrogens with zero attached hydrogens (tertiary/aromatic N) is 6. The van der Waals surface area contributed by atoms with Crippen LogP contribution in [0.15, 0.2) is 413 Å². The zero-order valence-electron chi connectivity index (χ0n) is 65.8. The third-order valence-electron chi connectivity index (χ3n) is 24.1. The highest BCUT2D eigenvalue weighted by atomic mass is 32.1. The van der Waals surface area contributed by atoms with Crippen LogP contribution in [0, 0.1) is 13.8 Å². The third kappa shape index (κ3) is 12.0. The molecule has 0 unspecified atom stereocenters. The summed E-state index contributed by atoms with van der Waals surface area (Å²) in [6, 6.07) is 148. The van der Waals surface area contributed by atoms with Gasteiger partial charge in [-0.1, -0.05) is 376 Å². The van der Waals surface area contributed by atoms with Gasteiger partial charge >= 0.3 is 0 Å². The van der Waals surface area contributed by atoms with Gasteiger partial charge < -0.3 is 0 Å². The second kappa shape index (κ2) is 29.7. The summed E-state index contributed by atoms with van der Waals surface area (Å²) in [4.78, 5) is 32.1. The van der Waals surface area contributed by atoms with Crippen molar-refractivity contribution in [1.29, 1.82) is 0 Å². The molecule has 0 fully saturated rings. The maximum absolute atomic E-state index is 5.50. The van der Waals surface area contributed by atoms with Gasteiger partial charge in [-0.25, -0.2) is 29.9 Å². The number of fused-ring (bicyclic) bond motifs is 12. The fraction of sp³-hybridized carbons (Fsp3) is 0.0357. The number of aromatic nitrogens is 6. The zero-order valence-corrected chi connectivity index (χ0v) is 67.4. The lowest BCUT2D eigenvalue weighted by Gasteiger charge is -2.33. The summed E-state index contributed by atoms with van der Waals surface area (Å²) in [6.07, 6.45) is 0. The molecule has 23 rings (SSSR count). The fourth-order valence-electron chi connectivity index (χ4n) is 18.9. The molecule has 21 aromatic rings. The molecule has 2 aliphatic rings. The molecule has 6 nitrogen and oxygen atoms in total. The first-order chi connectivity index (χ1) is 59.3. The predicted molar refractivity (Wildman–Crippen MR) is 498 cm³/mol. The Labute approximate surface area is 704 Å². The first-order valence-corrected chi connectivity index (χ1v) is 42.4. The van der Waals surface area contributed by atoms with E-state index in [1.165, 1.54) is 113 Å². The Morgan fingerprint density at radius 3 is 0.933 bits per heavy atom. The standard InChI is InChI=1S/C59H39N3S.C53H35N3S/c1-38-31-33-39(34-32-38)41-35-42(46-25-15-26-48-47-23-12-14-30-53(47)63-55(46)48)37-43(36-41)57-60-56(40-17-5-2-6-18-40)61-58(62-57)50-27-16-29-52-54(50)49-24-11-13-28-51(49)59(52,44-19-7-3-8-20-44)45-21-9-4-10-22-45;1-34-31-36(40-25-15-26-42-41-23-12-14-30-47(41)57-49(40)42)33-37(32-34)51-54-50(35-17-5-2-6-18-35)55-52(56-51)44-27-16-29-46-48(44)43-24-11-13-28-45(43)53(46,38-19-7-3-8-20-38)39-21-9-4-10-22-39/h2-37H,1H3;2-33H,1H3. The smallest absolute Gasteiger partial charge is 0.164 e. The molecule has 0 saturated heterocycles. The van der Waals surface area contributed by atoms with Crippen molar-refractivity contribution in [3.8, 4) is 124 Å². The Kier molecular flexibility index (Phi) is 17.8. The summed E-state index contributed by atoms with van der Waals surface area (Å²) in [5.41, 5.74) is 28.4. The van der Waals surface area contributed by atoms with Gasteiger partial charge in [0.25, 0.3) is 0 Å². The number of aryl methyl sites for hydroxylation is 2. The Hall–Kier alpha value is -14.8. The van der Waals surface area contributed by atoms with Gasteiger partial charge in [0.05, 0.1) is 10.8 Å². The van der Waals surface area contributed by atoms with E-state index in [4.69, 9.17) is 29.9 Å². The van der Waals surface area contributed by atoms with Crippen molar-refractivity contribution in [2.75, 3.05) is 0 Å². The van der Waals surface area contributed by atoms with Crippen molar-refractivity contribution < 1.29 is 0 Å². The van der Waals surface area contributed by atoms with Crippen molar-refractivity contribution >= 4 is 63.0 Å². The summed E-state index contributed by atoms with van der Waals surface area (Å²) >= 11 is 3.70. The van der Waals surface area contributed by atoms with Crippen molar-refractivity contribution in [3.05, 3.63) is 468 Å². The molecule has 4 heterocycles. The Balaban J connectivity index is 0.000000145. The van der Waals surface area contributed by atoms with Gasteiger partial charge in [-0.15, -0.1) is 22.7 Å². The highest BCUT2D eigenvalue weighted by Crippen LogP contribution is 2.60. The lowest BCUT2D eigenvalue weighted by atomic mass is 9.67. The van der Waals surface area contributed by atoms with Crippen LogP contribution in [0.4, 0.5) is 0 Å². The van der Waals surface area contributed by atoms with Crippen LogP contribution >= 0.6 is 22.7 Å². The number of rotatable bonds is 13. The molecule has 564 valence electrons. The molecular weight excluding hydrogens is 1490 g/mol. The van der Waals surface area contributed by atoms with Gasteiger partial charge in [0.1, 0.15) is 0 Å².